The molecule has 1 N–H and O–H groups in total. The van der Waals surface area contributed by atoms with E-state index in [2.05, 4.69) is 36.6 Å². The first-order chi connectivity index (χ1) is 17.9. The molecule has 10 nitrogen and oxygen atoms in total. The largest absolute Gasteiger partial charge is 0.482 e. The number of fused-ring (bicyclic) bond motifs is 1. The van der Waals surface area contributed by atoms with Crippen LogP contribution >= 0.6 is 34.5 Å². The number of nitrogens with zero attached hydrogens (tertiary/aromatic N) is 7. The molecule has 0 bridgehead atoms. The minimum atomic E-state index is -1.05. The first kappa shape index (κ1) is 23.8. The zero-order valence-corrected chi connectivity index (χ0v) is 21.5. The van der Waals surface area contributed by atoms with Gasteiger partial charge in [-0.25, -0.2) is 0 Å². The average Bonchev–Trinajstić information content (AvgIpc) is 3.54. The van der Waals surface area contributed by atoms with Crippen LogP contribution in [0.25, 0.3) is 16.4 Å². The summed E-state index contributed by atoms with van der Waals surface area (Å²) in [5.74, 6) is -0.00114. The van der Waals surface area contributed by atoms with E-state index < -0.39 is 11.6 Å². The van der Waals surface area contributed by atoms with E-state index in [0.29, 0.717) is 28.1 Å². The zero-order valence-electron chi connectivity index (χ0n) is 19.2. The van der Waals surface area contributed by atoms with E-state index in [-0.39, 0.29) is 12.4 Å². The van der Waals surface area contributed by atoms with Gasteiger partial charge in [-0.2, -0.15) is 4.80 Å². The van der Waals surface area contributed by atoms with Crippen molar-refractivity contribution in [1.29, 1.82) is 0 Å². The van der Waals surface area contributed by atoms with Gasteiger partial charge in [-0.3, -0.25) is 4.79 Å². The van der Waals surface area contributed by atoms with Gasteiger partial charge >= 0.3 is 5.97 Å². The van der Waals surface area contributed by atoms with Crippen LogP contribution in [0.3, 0.4) is 0 Å². The minimum absolute atomic E-state index is 0.245. The van der Waals surface area contributed by atoms with Crippen molar-refractivity contribution in [3.63, 3.8) is 0 Å². The molecule has 2 aromatic heterocycles. The van der Waals surface area contributed by atoms with E-state index in [0.717, 1.165) is 45.2 Å². The molecule has 0 radical (unpaired) electrons. The summed E-state index contributed by atoms with van der Waals surface area (Å²) >= 11 is 14.5. The first-order valence-corrected chi connectivity index (χ1v) is 13.0. The van der Waals surface area contributed by atoms with Crippen molar-refractivity contribution in [2.24, 2.45) is 0 Å². The molecule has 0 amide bonds. The third-order valence-electron chi connectivity index (χ3n) is 6.35. The van der Waals surface area contributed by atoms with Crippen LogP contribution in [-0.4, -0.2) is 60.2 Å². The lowest BCUT2D eigenvalue weighted by atomic mass is 9.83. The fourth-order valence-corrected chi connectivity index (χ4v) is 6.02. The summed E-state index contributed by atoms with van der Waals surface area (Å²) in [5, 5.41) is 31.5. The highest BCUT2D eigenvalue weighted by Gasteiger charge is 2.40. The molecule has 0 atom stereocenters. The predicted molar refractivity (Wildman–Crippen MR) is 139 cm³/mol. The number of halogens is 2. The molecule has 2 aliphatic rings. The van der Waals surface area contributed by atoms with Crippen molar-refractivity contribution in [2.45, 2.75) is 25.0 Å². The van der Waals surface area contributed by atoms with Crippen molar-refractivity contribution < 1.29 is 14.6 Å². The van der Waals surface area contributed by atoms with Crippen molar-refractivity contribution >= 4 is 51.2 Å². The number of tetrazole rings is 1. The first-order valence-electron chi connectivity index (χ1n) is 11.4. The Morgan fingerprint density at radius 2 is 1.81 bits per heavy atom. The summed E-state index contributed by atoms with van der Waals surface area (Å²) in [6, 6.07) is 13.5. The lowest BCUT2D eigenvalue weighted by Crippen LogP contribution is -2.48. The Bertz CT molecular complexity index is 1510. The summed E-state index contributed by atoms with van der Waals surface area (Å²) in [6.07, 6.45) is 3.60. The second kappa shape index (κ2) is 9.40. The molecule has 0 saturated carbocycles. The maximum atomic E-state index is 10.9. The van der Waals surface area contributed by atoms with E-state index in [1.54, 1.807) is 0 Å². The topological polar surface area (TPSA) is 119 Å². The van der Waals surface area contributed by atoms with Gasteiger partial charge in [0.25, 0.3) is 0 Å². The lowest BCUT2D eigenvalue weighted by molar-refractivity contribution is -0.138. The molecule has 1 spiro atoms. The molecular weight excluding hydrogens is 537 g/mol. The zero-order chi connectivity index (χ0) is 25.6. The monoisotopic (exact) mass is 555 g/mol. The highest BCUT2D eigenvalue weighted by Crippen LogP contribution is 2.46. The summed E-state index contributed by atoms with van der Waals surface area (Å²) < 4.78 is 6.58. The van der Waals surface area contributed by atoms with E-state index in [1.165, 1.54) is 11.3 Å². The number of hydrogen-bond donors (Lipinski definition) is 1. The number of ether oxygens (including phenoxy) is 1. The van der Waals surface area contributed by atoms with Gasteiger partial charge in [0.15, 0.2) is 11.6 Å². The number of rotatable bonds is 5. The molecule has 2 aliphatic heterocycles. The number of carbonyl (C=O) groups is 1. The number of piperidine rings is 1. The van der Waals surface area contributed by atoms with Crippen molar-refractivity contribution in [2.75, 3.05) is 18.0 Å². The normalized spacial score (nSPS) is 16.3. The van der Waals surface area contributed by atoms with Crippen molar-refractivity contribution in [3.8, 4) is 16.6 Å². The van der Waals surface area contributed by atoms with Crippen LogP contribution in [0.15, 0.2) is 48.5 Å². The standard InChI is InChI=1S/C24H19Cl2N7O3S/c25-16-5-3-6-17(26)20(16)15-12-24(36-18-7-2-1-4-14(15)18)8-10-32(11-9-24)23-29-28-22(37-23)21-27-31-33(30-21)13-19(34)35/h1-7,12H,8-11,13H2,(H,34,35). The minimum Gasteiger partial charge on any atom is -0.482 e. The molecule has 0 aliphatic carbocycles. The second-order valence-corrected chi connectivity index (χ2v) is 10.5. The Balaban J connectivity index is 1.25. The van der Waals surface area contributed by atoms with Gasteiger partial charge in [-0.05, 0) is 35.1 Å². The quantitative estimate of drug-likeness (QED) is 0.380. The van der Waals surface area contributed by atoms with Gasteiger partial charge in [0, 0.05) is 47.1 Å². The van der Waals surface area contributed by atoms with Crippen LogP contribution in [0, 0.1) is 0 Å². The third kappa shape index (κ3) is 4.54. The van der Waals surface area contributed by atoms with Crippen molar-refractivity contribution in [3.05, 3.63) is 69.7 Å². The van der Waals surface area contributed by atoms with Gasteiger partial charge in [-0.15, -0.1) is 20.4 Å². The second-order valence-electron chi connectivity index (χ2n) is 8.73. The molecule has 4 heterocycles. The number of hydrogen-bond acceptors (Lipinski definition) is 9. The smallest absolute Gasteiger partial charge is 0.327 e. The number of aromatic nitrogens is 6. The van der Waals surface area contributed by atoms with E-state index in [1.807, 2.05) is 42.5 Å². The molecule has 1 saturated heterocycles. The van der Waals surface area contributed by atoms with Crippen LogP contribution in [0.1, 0.15) is 24.0 Å². The van der Waals surface area contributed by atoms with Crippen LogP contribution in [0.5, 0.6) is 5.75 Å². The van der Waals surface area contributed by atoms with Gasteiger partial charge in [0.1, 0.15) is 11.4 Å². The number of carboxylic acids is 1. The summed E-state index contributed by atoms with van der Waals surface area (Å²) in [5.41, 5.74) is 2.22. The van der Waals surface area contributed by atoms with E-state index in [4.69, 9.17) is 33.0 Å². The average molecular weight is 556 g/mol. The van der Waals surface area contributed by atoms with E-state index in [9.17, 15) is 4.79 Å². The molecule has 1 fully saturated rings. The molecule has 37 heavy (non-hydrogen) atoms. The molecule has 2 aromatic carbocycles. The molecule has 13 heteroatoms. The number of aliphatic carboxylic acids is 1. The predicted octanol–water partition coefficient (Wildman–Crippen LogP) is 4.45. The van der Waals surface area contributed by atoms with Crippen LogP contribution < -0.4 is 9.64 Å². The maximum Gasteiger partial charge on any atom is 0.327 e. The van der Waals surface area contributed by atoms with E-state index >= 15 is 0 Å². The number of benzene rings is 2. The number of carboxylic acid groups (broad SMARTS) is 1. The highest BCUT2D eigenvalue weighted by molar-refractivity contribution is 7.18. The molecule has 6 rings (SSSR count). The van der Waals surface area contributed by atoms with Crippen molar-refractivity contribution in [1.82, 2.24) is 30.4 Å². The SMILES string of the molecule is O=C(O)Cn1nnc(-c2nnc(N3CCC4(C=C(c5c(Cl)cccc5Cl)c5ccccc5O4)CC3)s2)n1. The fourth-order valence-electron chi connectivity index (χ4n) is 4.60. The Kier molecular flexibility index (Phi) is 6.06. The molecule has 4 aromatic rings. The van der Waals surface area contributed by atoms with Crippen LogP contribution in [-0.2, 0) is 11.3 Å². The summed E-state index contributed by atoms with van der Waals surface area (Å²) in [4.78, 5) is 14.0. The van der Waals surface area contributed by atoms with Crippen LogP contribution in [0.4, 0.5) is 5.13 Å². The third-order valence-corrected chi connectivity index (χ3v) is 7.96. The molecule has 188 valence electrons. The molecule has 0 unspecified atom stereocenters. The van der Waals surface area contributed by atoms with Gasteiger partial charge < -0.3 is 14.7 Å². The van der Waals surface area contributed by atoms with Gasteiger partial charge in [0.05, 0.1) is 0 Å². The highest BCUT2D eigenvalue weighted by atomic mass is 35.5. The van der Waals surface area contributed by atoms with Gasteiger partial charge in [0.2, 0.25) is 11.0 Å². The Hall–Kier alpha value is -3.54. The Labute approximate surface area is 225 Å². The lowest BCUT2D eigenvalue weighted by Gasteiger charge is -2.43. The Morgan fingerprint density at radius 3 is 2.57 bits per heavy atom. The maximum absolute atomic E-state index is 10.9. The number of anilines is 1. The molecular formula is C24H19Cl2N7O3S. The summed E-state index contributed by atoms with van der Waals surface area (Å²) in [6.45, 7) is 1.01. The van der Waals surface area contributed by atoms with Gasteiger partial charge in [-0.1, -0.05) is 58.8 Å². The van der Waals surface area contributed by atoms with Crippen LogP contribution in [0.2, 0.25) is 10.0 Å². The Morgan fingerprint density at radius 1 is 1.05 bits per heavy atom. The fraction of sp³-hybridized carbons (Fsp3) is 0.250. The summed E-state index contributed by atoms with van der Waals surface area (Å²) in [7, 11) is 0. The number of para-hydroxylation sites is 1.